The topological polar surface area (TPSA) is 85.3 Å². The Bertz CT molecular complexity index is 1140. The van der Waals surface area contributed by atoms with Gasteiger partial charge < -0.3 is 9.32 Å². The van der Waals surface area contributed by atoms with Crippen molar-refractivity contribution in [1.82, 2.24) is 10.2 Å². The summed E-state index contributed by atoms with van der Waals surface area (Å²) < 4.78 is 5.83. The van der Waals surface area contributed by atoms with E-state index in [1.54, 1.807) is 12.1 Å². The van der Waals surface area contributed by atoms with Gasteiger partial charge in [0.15, 0.2) is 0 Å². The van der Waals surface area contributed by atoms with E-state index in [9.17, 15) is 10.1 Å². The van der Waals surface area contributed by atoms with Crippen LogP contribution in [0.3, 0.4) is 0 Å². The van der Waals surface area contributed by atoms with Crippen LogP contribution in [0.5, 0.6) is 0 Å². The molecule has 0 radical (unpaired) electrons. The molecular weight excluding hydrogens is 356 g/mol. The Balaban J connectivity index is 1.57. The molecule has 0 spiro atoms. The van der Waals surface area contributed by atoms with Crippen LogP contribution < -0.4 is 4.90 Å². The van der Waals surface area contributed by atoms with Crippen LogP contribution >= 0.6 is 0 Å². The first kappa shape index (κ1) is 17.7. The average Bonchev–Trinajstić information content (AvgIpc) is 3.22. The van der Waals surface area contributed by atoms with Crippen molar-refractivity contribution in [3.8, 4) is 11.5 Å². The molecule has 7 nitrogen and oxygen atoms in total. The predicted octanol–water partition coefficient (Wildman–Crippen LogP) is 5.00. The molecular formula is C21H18N4O3. The van der Waals surface area contributed by atoms with E-state index < -0.39 is 4.92 Å². The van der Waals surface area contributed by atoms with E-state index in [-0.39, 0.29) is 11.7 Å². The molecule has 1 atom stereocenters. The number of anilines is 1. The molecule has 0 fully saturated rings. The molecule has 1 heterocycles. The van der Waals surface area contributed by atoms with Crippen LogP contribution in [0.1, 0.15) is 18.9 Å². The fraction of sp³-hybridized carbons (Fsp3) is 0.143. The van der Waals surface area contributed by atoms with E-state index >= 15 is 0 Å². The lowest BCUT2D eigenvalue weighted by Gasteiger charge is -2.24. The third-order valence-corrected chi connectivity index (χ3v) is 4.84. The quantitative estimate of drug-likeness (QED) is 0.361. The van der Waals surface area contributed by atoms with Crippen LogP contribution in [-0.2, 0) is 0 Å². The van der Waals surface area contributed by atoms with Crippen LogP contribution in [0.4, 0.5) is 11.4 Å². The number of aromatic nitrogens is 2. The van der Waals surface area contributed by atoms with Gasteiger partial charge in [0.05, 0.1) is 4.92 Å². The maximum absolute atomic E-state index is 10.8. The third-order valence-electron chi connectivity index (χ3n) is 4.84. The normalized spacial score (nSPS) is 12.1. The molecule has 3 aromatic carbocycles. The Morgan fingerprint density at radius 2 is 1.71 bits per heavy atom. The first-order chi connectivity index (χ1) is 13.5. The van der Waals surface area contributed by atoms with E-state index in [0.29, 0.717) is 17.3 Å². The van der Waals surface area contributed by atoms with Crippen LogP contribution in [-0.4, -0.2) is 22.2 Å². The number of rotatable bonds is 5. The fourth-order valence-electron chi connectivity index (χ4n) is 3.03. The van der Waals surface area contributed by atoms with Crippen LogP contribution in [0, 0.1) is 10.1 Å². The van der Waals surface area contributed by atoms with Gasteiger partial charge in [0.2, 0.25) is 11.8 Å². The zero-order valence-corrected chi connectivity index (χ0v) is 15.4. The molecule has 0 aliphatic rings. The van der Waals surface area contributed by atoms with Gasteiger partial charge in [-0.1, -0.05) is 30.3 Å². The van der Waals surface area contributed by atoms with E-state index in [2.05, 4.69) is 45.4 Å². The number of fused-ring (bicyclic) bond motifs is 1. The molecule has 140 valence electrons. The van der Waals surface area contributed by atoms with Crippen molar-refractivity contribution in [2.45, 2.75) is 13.0 Å². The summed E-state index contributed by atoms with van der Waals surface area (Å²) >= 11 is 0. The van der Waals surface area contributed by atoms with Crippen molar-refractivity contribution in [2.75, 3.05) is 11.9 Å². The fourth-order valence-corrected chi connectivity index (χ4v) is 3.03. The lowest BCUT2D eigenvalue weighted by Crippen LogP contribution is -2.21. The Morgan fingerprint density at radius 3 is 2.43 bits per heavy atom. The van der Waals surface area contributed by atoms with Gasteiger partial charge in [-0.25, -0.2) is 0 Å². The second-order valence-corrected chi connectivity index (χ2v) is 6.57. The first-order valence-corrected chi connectivity index (χ1v) is 8.83. The van der Waals surface area contributed by atoms with Crippen LogP contribution in [0.15, 0.2) is 71.1 Å². The van der Waals surface area contributed by atoms with E-state index in [1.807, 2.05) is 26.1 Å². The Kier molecular flexibility index (Phi) is 4.49. The zero-order chi connectivity index (χ0) is 19.7. The highest BCUT2D eigenvalue weighted by molar-refractivity contribution is 5.85. The van der Waals surface area contributed by atoms with Gasteiger partial charge >= 0.3 is 0 Å². The second kappa shape index (κ2) is 7.11. The van der Waals surface area contributed by atoms with Gasteiger partial charge in [-0.3, -0.25) is 10.1 Å². The summed E-state index contributed by atoms with van der Waals surface area (Å²) in [6.07, 6.45) is 0. The monoisotopic (exact) mass is 374 g/mol. The van der Waals surface area contributed by atoms with E-state index in [4.69, 9.17) is 4.42 Å². The minimum Gasteiger partial charge on any atom is -0.418 e. The van der Waals surface area contributed by atoms with Gasteiger partial charge in [0.1, 0.15) is 6.04 Å². The van der Waals surface area contributed by atoms with Crippen molar-refractivity contribution in [3.63, 3.8) is 0 Å². The second-order valence-electron chi connectivity index (χ2n) is 6.57. The summed E-state index contributed by atoms with van der Waals surface area (Å²) in [4.78, 5) is 12.4. The number of non-ortho nitro benzene ring substituents is 1. The molecule has 28 heavy (non-hydrogen) atoms. The Labute approximate surface area is 161 Å². The summed E-state index contributed by atoms with van der Waals surface area (Å²) in [5.41, 5.74) is 1.71. The molecule has 0 amide bonds. The smallest absolute Gasteiger partial charge is 0.269 e. The number of hydrogen-bond donors (Lipinski definition) is 0. The molecule has 0 aliphatic heterocycles. The molecule has 7 heteroatoms. The third kappa shape index (κ3) is 3.29. The maximum Gasteiger partial charge on any atom is 0.269 e. The van der Waals surface area contributed by atoms with Crippen molar-refractivity contribution >= 4 is 22.1 Å². The summed E-state index contributed by atoms with van der Waals surface area (Å²) in [5, 5.41) is 21.4. The van der Waals surface area contributed by atoms with Crippen LogP contribution in [0.2, 0.25) is 0 Å². The van der Waals surface area contributed by atoms with Crippen molar-refractivity contribution in [1.29, 1.82) is 0 Å². The van der Waals surface area contributed by atoms with Crippen LogP contribution in [0.25, 0.3) is 22.2 Å². The maximum atomic E-state index is 10.8. The number of nitro benzene ring substituents is 1. The lowest BCUT2D eigenvalue weighted by atomic mass is 10.1. The van der Waals surface area contributed by atoms with Gasteiger partial charge in [-0.15, -0.1) is 10.2 Å². The lowest BCUT2D eigenvalue weighted by molar-refractivity contribution is -0.384. The molecule has 0 saturated heterocycles. The SMILES string of the molecule is C[C@H](c1nnc(-c2ccc([N+](=O)[O-])cc2)o1)N(C)c1ccc2ccccc2c1. The zero-order valence-electron chi connectivity index (χ0n) is 15.4. The summed E-state index contributed by atoms with van der Waals surface area (Å²) in [6.45, 7) is 1.99. The number of nitrogens with zero attached hydrogens (tertiary/aromatic N) is 4. The first-order valence-electron chi connectivity index (χ1n) is 8.83. The number of hydrogen-bond acceptors (Lipinski definition) is 6. The number of benzene rings is 3. The van der Waals surface area contributed by atoms with E-state index in [0.717, 1.165) is 11.1 Å². The summed E-state index contributed by atoms with van der Waals surface area (Å²) in [6, 6.07) is 20.4. The predicted molar refractivity (Wildman–Crippen MR) is 107 cm³/mol. The molecule has 0 N–H and O–H groups in total. The van der Waals surface area contributed by atoms with Crippen molar-refractivity contribution in [2.24, 2.45) is 0 Å². The van der Waals surface area contributed by atoms with Gasteiger partial charge in [-0.2, -0.15) is 0 Å². The van der Waals surface area contributed by atoms with E-state index in [1.165, 1.54) is 17.5 Å². The minimum atomic E-state index is -0.441. The Hall–Kier alpha value is -3.74. The molecule has 0 unspecified atom stereocenters. The molecule has 4 rings (SSSR count). The minimum absolute atomic E-state index is 0.0212. The Morgan fingerprint density at radius 1 is 1.00 bits per heavy atom. The van der Waals surface area contributed by atoms with Gasteiger partial charge in [-0.05, 0) is 42.0 Å². The molecule has 0 aliphatic carbocycles. The van der Waals surface area contributed by atoms with Gasteiger partial charge in [0.25, 0.3) is 5.69 Å². The van der Waals surface area contributed by atoms with Gasteiger partial charge in [0, 0.05) is 30.4 Å². The molecule has 0 bridgehead atoms. The average molecular weight is 374 g/mol. The molecule has 0 saturated carbocycles. The highest BCUT2D eigenvalue weighted by atomic mass is 16.6. The standard InChI is InChI=1S/C21H18N4O3/c1-14(24(2)19-12-7-15-5-3-4-6-17(15)13-19)20-22-23-21(28-20)16-8-10-18(11-9-16)25(26)27/h3-14H,1-2H3/t14-/m1/s1. The summed E-state index contributed by atoms with van der Waals surface area (Å²) in [5.74, 6) is 0.813. The largest absolute Gasteiger partial charge is 0.418 e. The van der Waals surface area contributed by atoms with Crippen molar-refractivity contribution in [3.05, 3.63) is 82.7 Å². The van der Waals surface area contributed by atoms with Crippen molar-refractivity contribution < 1.29 is 9.34 Å². The molecule has 1 aromatic heterocycles. The highest BCUT2D eigenvalue weighted by Gasteiger charge is 2.20. The summed E-state index contributed by atoms with van der Waals surface area (Å²) in [7, 11) is 1.98. The number of nitro groups is 1. The molecule has 4 aromatic rings. The highest BCUT2D eigenvalue weighted by Crippen LogP contribution is 2.29.